The van der Waals surface area contributed by atoms with Gasteiger partial charge in [-0.05, 0) is 42.7 Å². The highest BCUT2D eigenvalue weighted by atomic mass is 16.5. The van der Waals surface area contributed by atoms with Crippen molar-refractivity contribution in [3.05, 3.63) is 67.1 Å². The van der Waals surface area contributed by atoms with Crippen molar-refractivity contribution < 1.29 is 14.6 Å². The van der Waals surface area contributed by atoms with E-state index in [0.29, 0.717) is 11.9 Å². The van der Waals surface area contributed by atoms with E-state index in [1.807, 2.05) is 47.4 Å². The van der Waals surface area contributed by atoms with Gasteiger partial charge in [-0.1, -0.05) is 35.3 Å². The van der Waals surface area contributed by atoms with Crippen molar-refractivity contribution in [2.75, 3.05) is 18.8 Å². The van der Waals surface area contributed by atoms with Gasteiger partial charge >= 0.3 is 0 Å². The molecule has 7 rings (SSSR count). The van der Waals surface area contributed by atoms with Gasteiger partial charge in [0.05, 0.1) is 30.9 Å². The molecular weight excluding hydrogens is 448 g/mol. The fourth-order valence-corrected chi connectivity index (χ4v) is 6.93. The highest BCUT2D eigenvalue weighted by Crippen LogP contribution is 2.38. The maximum Gasteiger partial charge on any atom is 0.239 e. The molecule has 0 spiro atoms. The molecule has 1 saturated carbocycles. The molecule has 2 aromatic heterocycles. The number of piperazine rings is 1. The van der Waals surface area contributed by atoms with Crippen LogP contribution < -0.4 is 25.7 Å². The summed E-state index contributed by atoms with van der Waals surface area (Å²) >= 11 is 0. The number of nitrogens with two attached hydrogens (primary N) is 1. The number of aromatic amines is 1. The van der Waals surface area contributed by atoms with Crippen molar-refractivity contribution in [3.8, 4) is 22.6 Å². The van der Waals surface area contributed by atoms with Crippen molar-refractivity contribution in [1.82, 2.24) is 14.9 Å². The Bertz CT molecular complexity index is 1360. The van der Waals surface area contributed by atoms with Gasteiger partial charge in [0.25, 0.3) is 0 Å². The Morgan fingerprint density at radius 3 is 2.47 bits per heavy atom. The molecule has 36 heavy (non-hydrogen) atoms. The van der Waals surface area contributed by atoms with Gasteiger partial charge in [-0.15, -0.1) is 0 Å². The molecular formula is C29H34N6O+2. The van der Waals surface area contributed by atoms with Crippen LogP contribution in [0, 0.1) is 0 Å². The summed E-state index contributed by atoms with van der Waals surface area (Å²) in [6, 6.07) is 21.0. The van der Waals surface area contributed by atoms with E-state index in [1.54, 1.807) is 6.33 Å². The Hall–Kier alpha value is -3.42. The van der Waals surface area contributed by atoms with Gasteiger partial charge in [0.2, 0.25) is 17.8 Å². The zero-order valence-corrected chi connectivity index (χ0v) is 20.5. The molecule has 2 aliphatic heterocycles. The maximum absolute atomic E-state index is 6.43. The largest absolute Gasteiger partial charge is 0.457 e. The van der Waals surface area contributed by atoms with Crippen LogP contribution in [0.25, 0.3) is 22.2 Å². The molecule has 2 bridgehead atoms. The summed E-state index contributed by atoms with van der Waals surface area (Å²) in [6.45, 7) is 2.53. The van der Waals surface area contributed by atoms with Gasteiger partial charge in [0, 0.05) is 31.4 Å². The van der Waals surface area contributed by atoms with Gasteiger partial charge in [-0.2, -0.15) is 0 Å². The summed E-state index contributed by atoms with van der Waals surface area (Å²) in [7, 11) is 0. The molecule has 3 aliphatic rings. The second-order valence-corrected chi connectivity index (χ2v) is 10.7. The normalized spacial score (nSPS) is 27.5. The summed E-state index contributed by atoms with van der Waals surface area (Å²) in [4.78, 5) is 9.67. The second kappa shape index (κ2) is 8.91. The molecule has 4 aromatic rings. The summed E-state index contributed by atoms with van der Waals surface area (Å²) < 4.78 is 8.43. The lowest BCUT2D eigenvalue weighted by Crippen LogP contribution is -3.19. The monoisotopic (exact) mass is 482 g/mol. The molecule has 3 fully saturated rings. The van der Waals surface area contributed by atoms with Crippen LogP contribution >= 0.6 is 0 Å². The Kier molecular flexibility index (Phi) is 5.40. The minimum absolute atomic E-state index is 0.480. The predicted octanol–water partition coefficient (Wildman–Crippen LogP) is 3.00. The number of nitrogen functional groups attached to an aromatic ring is 1. The smallest absolute Gasteiger partial charge is 0.239 e. The van der Waals surface area contributed by atoms with Crippen LogP contribution in [0.2, 0.25) is 0 Å². The average molecular weight is 483 g/mol. The van der Waals surface area contributed by atoms with Crippen LogP contribution in [0.3, 0.4) is 0 Å². The van der Waals surface area contributed by atoms with E-state index in [1.165, 1.54) is 45.2 Å². The van der Waals surface area contributed by atoms with Crippen LogP contribution in [0.5, 0.6) is 11.5 Å². The first-order valence-corrected chi connectivity index (χ1v) is 13.3. The number of aromatic nitrogens is 3. The van der Waals surface area contributed by atoms with E-state index in [4.69, 9.17) is 10.5 Å². The Morgan fingerprint density at radius 1 is 0.972 bits per heavy atom. The molecule has 2 aromatic carbocycles. The van der Waals surface area contributed by atoms with E-state index >= 15 is 0 Å². The first-order valence-electron chi connectivity index (χ1n) is 13.3. The molecule has 3 unspecified atom stereocenters. The van der Waals surface area contributed by atoms with Crippen molar-refractivity contribution in [1.29, 1.82) is 0 Å². The standard InChI is InChI=1S/C29H32N6O/c30-28-27-26(19-6-12-25(13-7-19)36-24-4-2-1-3-5-24)17-35(29(27)33-18-32-28)22-10-8-21(9-11-22)34-16-20-14-23(34)15-31-20/h1-7,12-13,17-18,20-23,31H,8-11,14-16H2,(H2,30,32,33)/p+2. The van der Waals surface area contributed by atoms with Crippen molar-refractivity contribution in [2.45, 2.75) is 56.3 Å². The van der Waals surface area contributed by atoms with Crippen molar-refractivity contribution in [2.24, 2.45) is 0 Å². The van der Waals surface area contributed by atoms with Crippen LogP contribution in [-0.4, -0.2) is 40.8 Å². The van der Waals surface area contributed by atoms with Crippen LogP contribution in [0.15, 0.2) is 67.1 Å². The SMILES string of the molecule is Nc1nc[nH+]c2c1c(-c1ccc(Oc3ccccc3)cc1)cn2C1CCC([NH+]2CC3CC2CN3)CC1. The van der Waals surface area contributed by atoms with Crippen LogP contribution in [0.4, 0.5) is 5.82 Å². The topological polar surface area (TPSA) is 83.7 Å². The third kappa shape index (κ3) is 3.83. The molecule has 1 aliphatic carbocycles. The van der Waals surface area contributed by atoms with Crippen molar-refractivity contribution in [3.63, 3.8) is 0 Å². The first kappa shape index (κ1) is 21.8. The van der Waals surface area contributed by atoms with E-state index < -0.39 is 0 Å². The zero-order valence-electron chi connectivity index (χ0n) is 20.5. The fourth-order valence-electron chi connectivity index (χ4n) is 6.93. The summed E-state index contributed by atoms with van der Waals surface area (Å²) in [5.74, 6) is 2.22. The second-order valence-electron chi connectivity index (χ2n) is 10.7. The maximum atomic E-state index is 6.43. The summed E-state index contributed by atoms with van der Waals surface area (Å²) in [5.41, 5.74) is 9.74. The van der Waals surface area contributed by atoms with Gasteiger partial charge in [-0.25, -0.2) is 4.98 Å². The third-order valence-corrected chi connectivity index (χ3v) is 8.68. The minimum atomic E-state index is 0.480. The van der Waals surface area contributed by atoms with Gasteiger partial charge in [0.1, 0.15) is 22.9 Å². The number of hydrogen-bond donors (Lipinski definition) is 3. The number of rotatable bonds is 5. The molecule has 184 valence electrons. The average Bonchev–Trinajstić information content (AvgIpc) is 3.65. The summed E-state index contributed by atoms with van der Waals surface area (Å²) in [5, 5.41) is 4.67. The van der Waals surface area contributed by atoms with Gasteiger partial charge in [-0.3, -0.25) is 4.57 Å². The van der Waals surface area contributed by atoms with E-state index in [-0.39, 0.29) is 0 Å². The molecule has 0 amide bonds. The molecule has 5 N–H and O–H groups in total. The Morgan fingerprint density at radius 2 is 1.75 bits per heavy atom. The number of ether oxygens (including phenoxy) is 1. The number of nitrogens with one attached hydrogen (secondary N) is 3. The van der Waals surface area contributed by atoms with Gasteiger partial charge in [0.15, 0.2) is 0 Å². The van der Waals surface area contributed by atoms with Crippen LogP contribution in [-0.2, 0) is 0 Å². The molecule has 2 saturated heterocycles. The number of H-pyrrole nitrogens is 1. The number of fused-ring (bicyclic) bond motifs is 3. The lowest BCUT2D eigenvalue weighted by molar-refractivity contribution is -0.940. The Labute approximate surface area is 211 Å². The first-order chi connectivity index (χ1) is 17.7. The lowest BCUT2D eigenvalue weighted by atomic mass is 9.89. The van der Waals surface area contributed by atoms with E-state index in [2.05, 4.69) is 38.2 Å². The van der Waals surface area contributed by atoms with E-state index in [0.717, 1.165) is 51.8 Å². The third-order valence-electron chi connectivity index (χ3n) is 8.68. The Balaban J connectivity index is 1.14. The fraction of sp³-hybridized carbons (Fsp3) is 0.379. The lowest BCUT2D eigenvalue weighted by Gasteiger charge is -2.36. The number of benzene rings is 2. The number of para-hydroxylation sites is 1. The molecule has 7 heteroatoms. The zero-order chi connectivity index (χ0) is 24.1. The highest BCUT2D eigenvalue weighted by Gasteiger charge is 2.46. The number of likely N-dealkylation sites (tertiary alicyclic amines) is 1. The number of quaternary nitrogens is 1. The molecule has 3 atom stereocenters. The quantitative estimate of drug-likeness (QED) is 0.408. The summed E-state index contributed by atoms with van der Waals surface area (Å²) in [6.07, 6.45) is 10.4. The van der Waals surface area contributed by atoms with Gasteiger partial charge < -0.3 is 20.7 Å². The highest BCUT2D eigenvalue weighted by molar-refractivity contribution is 5.99. The van der Waals surface area contributed by atoms with E-state index in [9.17, 15) is 0 Å². The predicted molar refractivity (Wildman–Crippen MR) is 140 cm³/mol. The number of anilines is 1. The minimum Gasteiger partial charge on any atom is -0.457 e. The number of nitrogens with zero attached hydrogens (tertiary/aromatic N) is 2. The number of hydrogen-bond acceptors (Lipinski definition) is 4. The molecule has 7 nitrogen and oxygen atoms in total. The van der Waals surface area contributed by atoms with Crippen molar-refractivity contribution >= 4 is 16.9 Å². The molecule has 0 radical (unpaired) electrons. The van der Waals surface area contributed by atoms with Crippen LogP contribution in [0.1, 0.15) is 38.1 Å². The molecule has 4 heterocycles.